The van der Waals surface area contributed by atoms with Crippen molar-refractivity contribution in [2.24, 2.45) is 7.05 Å². The zero-order valence-electron chi connectivity index (χ0n) is 11.1. The first-order valence-corrected chi connectivity index (χ1v) is 6.27. The molecule has 2 aromatic heterocycles. The maximum atomic E-state index is 12.1. The summed E-state index contributed by atoms with van der Waals surface area (Å²) in [6, 6.07) is 5.58. The van der Waals surface area contributed by atoms with Gasteiger partial charge in [0.25, 0.3) is 0 Å². The van der Waals surface area contributed by atoms with E-state index in [-0.39, 0.29) is 5.78 Å². The van der Waals surface area contributed by atoms with Gasteiger partial charge in [-0.25, -0.2) is 0 Å². The number of hydrogen-bond acceptors (Lipinski definition) is 3. The van der Waals surface area contributed by atoms with Crippen molar-refractivity contribution in [3.05, 3.63) is 41.1 Å². The fraction of sp³-hybridized carbons (Fsp3) is 0.429. The number of Topliss-reactive ketones (excluding diaryl/α,β-unsaturated/α-hetero) is 1. The second-order valence-corrected chi connectivity index (χ2v) is 4.32. The van der Waals surface area contributed by atoms with E-state index in [0.29, 0.717) is 12.2 Å². The second kappa shape index (κ2) is 5.21. The Bertz CT molecular complexity index is 552. The van der Waals surface area contributed by atoms with Crippen LogP contribution in [0, 0.1) is 0 Å². The topological polar surface area (TPSA) is 48.0 Å². The highest BCUT2D eigenvalue weighted by atomic mass is 16.3. The number of furan rings is 1. The van der Waals surface area contributed by atoms with Gasteiger partial charge in [0.15, 0.2) is 5.76 Å². The van der Waals surface area contributed by atoms with Gasteiger partial charge in [0.1, 0.15) is 5.76 Å². The number of rotatable bonds is 5. The molecule has 0 unspecified atom stereocenters. The summed E-state index contributed by atoms with van der Waals surface area (Å²) in [6.45, 7) is 4.05. The van der Waals surface area contributed by atoms with Gasteiger partial charge in [-0.3, -0.25) is 9.48 Å². The van der Waals surface area contributed by atoms with Crippen LogP contribution in [-0.4, -0.2) is 15.6 Å². The maximum Gasteiger partial charge on any atom is 0.203 e. The first kappa shape index (κ1) is 12.6. The lowest BCUT2D eigenvalue weighted by molar-refractivity contribution is 0.0962. The minimum absolute atomic E-state index is 0.000327. The SMILES string of the molecule is CCc1cc(CC(=O)c2ccc(CC)o2)n(C)n1. The van der Waals surface area contributed by atoms with E-state index in [1.54, 1.807) is 10.7 Å². The zero-order valence-corrected chi connectivity index (χ0v) is 11.1. The number of carbonyl (C=O) groups is 1. The molecule has 4 nitrogen and oxygen atoms in total. The van der Waals surface area contributed by atoms with Crippen LogP contribution in [0.1, 0.15) is 41.6 Å². The van der Waals surface area contributed by atoms with Gasteiger partial charge in [-0.05, 0) is 24.6 Å². The average Bonchev–Trinajstić information content (AvgIpc) is 2.96. The van der Waals surface area contributed by atoms with Gasteiger partial charge in [0, 0.05) is 19.2 Å². The van der Waals surface area contributed by atoms with Crippen LogP contribution in [0.25, 0.3) is 0 Å². The first-order valence-electron chi connectivity index (χ1n) is 6.27. The predicted octanol–water partition coefficient (Wildman–Crippen LogP) is 2.56. The summed E-state index contributed by atoms with van der Waals surface area (Å²) in [5, 5.41) is 4.33. The molecule has 96 valence electrons. The molecular weight excluding hydrogens is 228 g/mol. The number of hydrogen-bond donors (Lipinski definition) is 0. The Morgan fingerprint density at radius 3 is 2.67 bits per heavy atom. The van der Waals surface area contributed by atoms with Crippen molar-refractivity contribution in [3.63, 3.8) is 0 Å². The summed E-state index contributed by atoms with van der Waals surface area (Å²) in [5.74, 6) is 1.28. The van der Waals surface area contributed by atoms with Gasteiger partial charge in [-0.15, -0.1) is 0 Å². The summed E-state index contributed by atoms with van der Waals surface area (Å²) < 4.78 is 7.22. The monoisotopic (exact) mass is 246 g/mol. The Kier molecular flexibility index (Phi) is 3.65. The van der Waals surface area contributed by atoms with E-state index in [2.05, 4.69) is 5.10 Å². The van der Waals surface area contributed by atoms with Gasteiger partial charge in [0.05, 0.1) is 12.1 Å². The maximum absolute atomic E-state index is 12.1. The van der Waals surface area contributed by atoms with Gasteiger partial charge >= 0.3 is 0 Å². The fourth-order valence-corrected chi connectivity index (χ4v) is 1.88. The van der Waals surface area contributed by atoms with Crippen LogP contribution in [0.3, 0.4) is 0 Å². The molecule has 2 heterocycles. The van der Waals surface area contributed by atoms with Crippen LogP contribution >= 0.6 is 0 Å². The minimum Gasteiger partial charge on any atom is -0.458 e. The number of nitrogens with zero attached hydrogens (tertiary/aromatic N) is 2. The highest BCUT2D eigenvalue weighted by molar-refractivity contribution is 5.94. The average molecular weight is 246 g/mol. The molecule has 4 heteroatoms. The Labute approximate surface area is 107 Å². The molecule has 2 rings (SSSR count). The quantitative estimate of drug-likeness (QED) is 0.762. The molecular formula is C14H18N2O2. The lowest BCUT2D eigenvalue weighted by Crippen LogP contribution is -2.07. The highest BCUT2D eigenvalue weighted by Gasteiger charge is 2.14. The zero-order chi connectivity index (χ0) is 13.1. The van der Waals surface area contributed by atoms with Gasteiger partial charge in [-0.1, -0.05) is 13.8 Å². The first-order chi connectivity index (χ1) is 8.63. The van der Waals surface area contributed by atoms with Crippen LogP contribution < -0.4 is 0 Å². The van der Waals surface area contributed by atoms with E-state index < -0.39 is 0 Å². The van der Waals surface area contributed by atoms with Gasteiger partial charge in [-0.2, -0.15) is 5.10 Å². The largest absolute Gasteiger partial charge is 0.458 e. The molecule has 0 N–H and O–H groups in total. The molecule has 0 aromatic carbocycles. The third kappa shape index (κ3) is 2.53. The van der Waals surface area contributed by atoms with Crippen LogP contribution in [0.2, 0.25) is 0 Å². The smallest absolute Gasteiger partial charge is 0.203 e. The Morgan fingerprint density at radius 2 is 2.11 bits per heavy atom. The minimum atomic E-state index is 0.000327. The summed E-state index contributed by atoms with van der Waals surface area (Å²) in [5.41, 5.74) is 1.93. The molecule has 0 atom stereocenters. The normalized spacial score (nSPS) is 10.8. The molecule has 0 aliphatic carbocycles. The van der Waals surface area contributed by atoms with E-state index >= 15 is 0 Å². The van der Waals surface area contributed by atoms with Crippen molar-refractivity contribution in [2.75, 3.05) is 0 Å². The summed E-state index contributed by atoms with van der Waals surface area (Å²) in [7, 11) is 1.86. The number of ketones is 1. The van der Waals surface area contributed by atoms with E-state index in [1.165, 1.54) is 0 Å². The van der Waals surface area contributed by atoms with Crippen molar-refractivity contribution < 1.29 is 9.21 Å². The molecule has 2 aromatic rings. The Hall–Kier alpha value is -1.84. The van der Waals surface area contributed by atoms with Crippen molar-refractivity contribution >= 4 is 5.78 Å². The molecule has 0 bridgehead atoms. The molecule has 0 aliphatic heterocycles. The third-order valence-corrected chi connectivity index (χ3v) is 3.02. The van der Waals surface area contributed by atoms with Gasteiger partial charge in [0.2, 0.25) is 5.78 Å². The molecule has 0 amide bonds. The fourth-order valence-electron chi connectivity index (χ4n) is 1.88. The molecule has 0 saturated carbocycles. The lowest BCUT2D eigenvalue weighted by Gasteiger charge is -1.99. The van der Waals surface area contributed by atoms with E-state index in [9.17, 15) is 4.79 Å². The summed E-state index contributed by atoms with van der Waals surface area (Å²) in [6.07, 6.45) is 2.02. The summed E-state index contributed by atoms with van der Waals surface area (Å²) in [4.78, 5) is 12.1. The Balaban J connectivity index is 2.13. The Morgan fingerprint density at radius 1 is 1.33 bits per heavy atom. The lowest BCUT2D eigenvalue weighted by atomic mass is 10.1. The predicted molar refractivity (Wildman–Crippen MR) is 68.7 cm³/mol. The molecule has 0 fully saturated rings. The number of aromatic nitrogens is 2. The highest BCUT2D eigenvalue weighted by Crippen LogP contribution is 2.13. The van der Waals surface area contributed by atoms with Crippen LogP contribution in [0.4, 0.5) is 0 Å². The molecule has 0 saturated heterocycles. The van der Waals surface area contributed by atoms with Crippen molar-refractivity contribution in [1.82, 2.24) is 9.78 Å². The molecule has 0 aliphatic rings. The molecule has 0 spiro atoms. The van der Waals surface area contributed by atoms with Gasteiger partial charge < -0.3 is 4.42 Å². The van der Waals surface area contributed by atoms with Crippen LogP contribution in [0.5, 0.6) is 0 Å². The van der Waals surface area contributed by atoms with Crippen LogP contribution in [0.15, 0.2) is 22.6 Å². The van der Waals surface area contributed by atoms with Crippen molar-refractivity contribution in [3.8, 4) is 0 Å². The van der Waals surface area contributed by atoms with Crippen LogP contribution in [-0.2, 0) is 26.3 Å². The molecule has 0 radical (unpaired) electrons. The van der Waals surface area contributed by atoms with Crippen molar-refractivity contribution in [2.45, 2.75) is 33.1 Å². The van der Waals surface area contributed by atoms with Crippen molar-refractivity contribution in [1.29, 1.82) is 0 Å². The number of aryl methyl sites for hydroxylation is 3. The second-order valence-electron chi connectivity index (χ2n) is 4.32. The molecule has 18 heavy (non-hydrogen) atoms. The summed E-state index contributed by atoms with van der Waals surface area (Å²) >= 11 is 0. The van der Waals surface area contributed by atoms with E-state index in [0.717, 1.165) is 30.0 Å². The van der Waals surface area contributed by atoms with E-state index in [4.69, 9.17) is 4.42 Å². The third-order valence-electron chi connectivity index (χ3n) is 3.02. The van der Waals surface area contributed by atoms with E-state index in [1.807, 2.05) is 33.0 Å². The standard InChI is InChI=1S/C14H18N2O2/c1-4-10-8-11(16(3)15-10)9-13(17)14-7-6-12(5-2)18-14/h6-8H,4-5,9H2,1-3H3. The number of carbonyl (C=O) groups excluding carboxylic acids is 1.